The zero-order valence-corrected chi connectivity index (χ0v) is 17.2. The molecule has 1 amide bonds. The number of hydrogen-bond acceptors (Lipinski definition) is 5. The van der Waals surface area contributed by atoms with Crippen LogP contribution in [0.15, 0.2) is 36.4 Å². The third-order valence-corrected chi connectivity index (χ3v) is 5.49. The number of aryl methyl sites for hydroxylation is 2. The number of amides is 1. The normalized spacial score (nSPS) is 14.1. The summed E-state index contributed by atoms with van der Waals surface area (Å²) in [6.45, 7) is 5.94. The molecule has 0 atom stereocenters. The number of aromatic nitrogens is 2. The molecular weight excluding hydrogens is 364 g/mol. The number of benzene rings is 2. The summed E-state index contributed by atoms with van der Waals surface area (Å²) in [5.74, 6) is 0.451. The summed E-state index contributed by atoms with van der Waals surface area (Å²) >= 11 is 0. The lowest BCUT2D eigenvalue weighted by molar-refractivity contribution is 0.102. The van der Waals surface area contributed by atoms with Crippen molar-refractivity contribution in [3.05, 3.63) is 53.3 Å². The first-order valence-corrected chi connectivity index (χ1v) is 10.0. The second-order valence-electron chi connectivity index (χ2n) is 7.48. The fourth-order valence-electron chi connectivity index (χ4n) is 3.71. The molecule has 1 aromatic heterocycles. The minimum Gasteiger partial charge on any atom is -0.495 e. The predicted octanol–water partition coefficient (Wildman–Crippen LogP) is 4.50. The highest BCUT2D eigenvalue weighted by molar-refractivity contribution is 6.06. The number of anilines is 2. The molecule has 2 aromatic carbocycles. The van der Waals surface area contributed by atoms with Gasteiger partial charge < -0.3 is 15.0 Å². The number of nitrogens with zero attached hydrogens (tertiary/aromatic N) is 3. The van der Waals surface area contributed by atoms with Crippen molar-refractivity contribution in [2.24, 2.45) is 0 Å². The maximum absolute atomic E-state index is 12.9. The number of piperidine rings is 1. The molecule has 6 heteroatoms. The van der Waals surface area contributed by atoms with Crippen molar-refractivity contribution in [2.75, 3.05) is 30.4 Å². The van der Waals surface area contributed by atoms with Crippen LogP contribution in [0.4, 0.5) is 11.4 Å². The van der Waals surface area contributed by atoms with Crippen molar-refractivity contribution in [1.29, 1.82) is 0 Å². The van der Waals surface area contributed by atoms with Crippen molar-refractivity contribution in [3.63, 3.8) is 0 Å². The van der Waals surface area contributed by atoms with Crippen LogP contribution in [-0.4, -0.2) is 36.1 Å². The molecule has 1 aliphatic rings. The van der Waals surface area contributed by atoms with Gasteiger partial charge >= 0.3 is 0 Å². The Morgan fingerprint density at radius 3 is 2.41 bits per heavy atom. The second kappa shape index (κ2) is 8.07. The standard InChI is InChI=1S/C23H26N4O2/c1-15-16(2)25-20-13-17(7-9-19(20)24-15)23(28)26-21-14-18(8-10-22(21)29-3)27-11-5-4-6-12-27/h7-10,13-14H,4-6,11-12H2,1-3H3,(H,26,28). The van der Waals surface area contributed by atoms with Crippen LogP contribution >= 0.6 is 0 Å². The summed E-state index contributed by atoms with van der Waals surface area (Å²) in [5, 5.41) is 3.01. The number of fused-ring (bicyclic) bond motifs is 1. The van der Waals surface area contributed by atoms with E-state index < -0.39 is 0 Å². The summed E-state index contributed by atoms with van der Waals surface area (Å²) in [7, 11) is 1.61. The Balaban J connectivity index is 1.61. The van der Waals surface area contributed by atoms with Gasteiger partial charge in [-0.1, -0.05) is 0 Å². The number of nitrogens with one attached hydrogen (secondary N) is 1. The van der Waals surface area contributed by atoms with Crippen molar-refractivity contribution < 1.29 is 9.53 Å². The summed E-state index contributed by atoms with van der Waals surface area (Å²) in [4.78, 5) is 24.4. The monoisotopic (exact) mass is 390 g/mol. The number of carbonyl (C=O) groups excluding carboxylic acids is 1. The molecule has 6 nitrogen and oxygen atoms in total. The molecule has 0 aliphatic carbocycles. The maximum atomic E-state index is 12.9. The largest absolute Gasteiger partial charge is 0.495 e. The lowest BCUT2D eigenvalue weighted by Gasteiger charge is -2.29. The highest BCUT2D eigenvalue weighted by atomic mass is 16.5. The molecule has 150 valence electrons. The van der Waals surface area contributed by atoms with Crippen LogP contribution in [0.1, 0.15) is 41.0 Å². The van der Waals surface area contributed by atoms with E-state index in [9.17, 15) is 4.79 Å². The SMILES string of the molecule is COc1ccc(N2CCCCC2)cc1NC(=O)c1ccc2nc(C)c(C)nc2c1. The van der Waals surface area contributed by atoms with Gasteiger partial charge in [-0.2, -0.15) is 0 Å². The molecule has 1 aliphatic heterocycles. The number of methoxy groups -OCH3 is 1. The Morgan fingerprint density at radius 1 is 0.966 bits per heavy atom. The molecule has 0 saturated carbocycles. The van der Waals surface area contributed by atoms with E-state index in [2.05, 4.69) is 26.3 Å². The molecule has 1 saturated heterocycles. The van der Waals surface area contributed by atoms with Crippen LogP contribution in [0.3, 0.4) is 0 Å². The Hall–Kier alpha value is -3.15. The van der Waals surface area contributed by atoms with Gasteiger partial charge in [-0.15, -0.1) is 0 Å². The third kappa shape index (κ3) is 4.01. The summed E-state index contributed by atoms with van der Waals surface area (Å²) in [5.41, 5.74) is 5.59. The molecular formula is C23H26N4O2. The first-order valence-electron chi connectivity index (χ1n) is 10.0. The molecule has 3 aromatic rings. The molecule has 0 bridgehead atoms. The highest BCUT2D eigenvalue weighted by Gasteiger charge is 2.16. The van der Waals surface area contributed by atoms with Crippen LogP contribution in [0.5, 0.6) is 5.75 Å². The van der Waals surface area contributed by atoms with Crippen molar-refractivity contribution in [1.82, 2.24) is 9.97 Å². The number of rotatable bonds is 4. The molecule has 2 heterocycles. The Bertz CT molecular complexity index is 1060. The lowest BCUT2D eigenvalue weighted by atomic mass is 10.1. The van der Waals surface area contributed by atoms with E-state index in [1.54, 1.807) is 19.2 Å². The van der Waals surface area contributed by atoms with Crippen LogP contribution in [-0.2, 0) is 0 Å². The third-order valence-electron chi connectivity index (χ3n) is 5.49. The van der Waals surface area contributed by atoms with E-state index >= 15 is 0 Å². The Kier molecular flexibility index (Phi) is 5.34. The number of carbonyl (C=O) groups is 1. The van der Waals surface area contributed by atoms with Gasteiger partial charge in [-0.05, 0) is 69.5 Å². The van der Waals surface area contributed by atoms with Crippen molar-refractivity contribution in [3.8, 4) is 5.75 Å². The topological polar surface area (TPSA) is 67.3 Å². The highest BCUT2D eigenvalue weighted by Crippen LogP contribution is 2.31. The second-order valence-corrected chi connectivity index (χ2v) is 7.48. The van der Waals surface area contributed by atoms with Crippen LogP contribution in [0.25, 0.3) is 11.0 Å². The zero-order chi connectivity index (χ0) is 20.4. The zero-order valence-electron chi connectivity index (χ0n) is 17.2. The van der Waals surface area contributed by atoms with E-state index in [4.69, 9.17) is 4.74 Å². The van der Waals surface area contributed by atoms with Gasteiger partial charge in [-0.3, -0.25) is 4.79 Å². The van der Waals surface area contributed by atoms with Gasteiger partial charge in [0.15, 0.2) is 0 Å². The van der Waals surface area contributed by atoms with Gasteiger partial charge in [0.25, 0.3) is 5.91 Å². The maximum Gasteiger partial charge on any atom is 0.255 e. The van der Waals surface area contributed by atoms with Crippen molar-refractivity contribution in [2.45, 2.75) is 33.1 Å². The quantitative estimate of drug-likeness (QED) is 0.710. The molecule has 1 fully saturated rings. The first kappa shape index (κ1) is 19.2. The molecule has 29 heavy (non-hydrogen) atoms. The number of hydrogen-bond donors (Lipinski definition) is 1. The summed E-state index contributed by atoms with van der Waals surface area (Å²) in [6, 6.07) is 11.4. The minimum absolute atomic E-state index is 0.193. The van der Waals surface area contributed by atoms with Crippen molar-refractivity contribution >= 4 is 28.3 Å². The van der Waals surface area contributed by atoms with Gasteiger partial charge in [0.1, 0.15) is 5.75 Å². The molecule has 0 radical (unpaired) electrons. The van der Waals surface area contributed by atoms with Crippen LogP contribution in [0, 0.1) is 13.8 Å². The van der Waals surface area contributed by atoms with Gasteiger partial charge in [0.05, 0.1) is 35.2 Å². The van der Waals surface area contributed by atoms with Crippen LogP contribution in [0.2, 0.25) is 0 Å². The fraction of sp³-hybridized carbons (Fsp3) is 0.348. The summed E-state index contributed by atoms with van der Waals surface area (Å²) < 4.78 is 5.47. The minimum atomic E-state index is -0.193. The van der Waals surface area contributed by atoms with E-state index in [1.165, 1.54) is 19.3 Å². The molecule has 4 rings (SSSR count). The molecule has 0 unspecified atom stereocenters. The van der Waals surface area contributed by atoms with Gasteiger partial charge in [0, 0.05) is 24.3 Å². The van der Waals surface area contributed by atoms with E-state index in [0.717, 1.165) is 41.2 Å². The average Bonchev–Trinajstić information content (AvgIpc) is 2.75. The predicted molar refractivity (Wildman–Crippen MR) is 116 cm³/mol. The van der Waals surface area contributed by atoms with E-state index in [1.807, 2.05) is 32.0 Å². The van der Waals surface area contributed by atoms with E-state index in [0.29, 0.717) is 17.0 Å². The number of ether oxygens (including phenoxy) is 1. The van der Waals surface area contributed by atoms with Crippen LogP contribution < -0.4 is 15.0 Å². The lowest BCUT2D eigenvalue weighted by Crippen LogP contribution is -2.29. The smallest absolute Gasteiger partial charge is 0.255 e. The first-order chi connectivity index (χ1) is 14.0. The molecule has 0 spiro atoms. The van der Waals surface area contributed by atoms with Gasteiger partial charge in [0.2, 0.25) is 0 Å². The van der Waals surface area contributed by atoms with E-state index in [-0.39, 0.29) is 5.91 Å². The Morgan fingerprint density at radius 2 is 1.69 bits per heavy atom. The van der Waals surface area contributed by atoms with Gasteiger partial charge in [-0.25, -0.2) is 9.97 Å². The molecule has 1 N–H and O–H groups in total. The Labute approximate surface area is 170 Å². The fourth-order valence-corrected chi connectivity index (χ4v) is 3.71. The summed E-state index contributed by atoms with van der Waals surface area (Å²) in [6.07, 6.45) is 3.68. The average molecular weight is 390 g/mol.